The molecule has 0 spiro atoms. The molecule has 0 rings (SSSR count). The van der Waals surface area contributed by atoms with Gasteiger partial charge < -0.3 is 4.84 Å². The van der Waals surface area contributed by atoms with Crippen LogP contribution in [0.25, 0.3) is 0 Å². The van der Waals surface area contributed by atoms with E-state index < -0.39 is 0 Å². The Balaban J connectivity index is -0.0000000450. The van der Waals surface area contributed by atoms with Crippen molar-refractivity contribution < 1.29 is 4.84 Å². The van der Waals surface area contributed by atoms with Gasteiger partial charge in [-0.15, -0.1) is 24.8 Å². The van der Waals surface area contributed by atoms with Crippen molar-refractivity contribution in [1.29, 1.82) is 0 Å². The van der Waals surface area contributed by atoms with Crippen LogP contribution in [0.3, 0.4) is 0 Å². The van der Waals surface area contributed by atoms with Crippen LogP contribution >= 0.6 is 24.8 Å². The predicted octanol–water partition coefficient (Wildman–Crippen LogP) is 0.740. The van der Waals surface area contributed by atoms with Gasteiger partial charge in [-0.25, -0.2) is 5.90 Å². The molecule has 0 atom stereocenters. The zero-order valence-electron chi connectivity index (χ0n) is 3.51. The average Bonchev–Trinajstić information content (AvgIpc) is 1.37. The summed E-state index contributed by atoms with van der Waals surface area (Å²) in [4.78, 5) is 4.04. The largest absolute Gasteiger partial charge is 0.305 e. The molecule has 6 heavy (non-hydrogen) atoms. The Morgan fingerprint density at radius 2 is 1.67 bits per heavy atom. The Morgan fingerprint density at radius 3 is 1.67 bits per heavy atom. The molecular formula is C2H9Cl2NO. The van der Waals surface area contributed by atoms with Crippen molar-refractivity contribution >= 4 is 24.8 Å². The summed E-state index contributed by atoms with van der Waals surface area (Å²) in [6, 6.07) is 0. The molecule has 0 aliphatic rings. The van der Waals surface area contributed by atoms with Crippen molar-refractivity contribution in [1.82, 2.24) is 0 Å². The maximum absolute atomic E-state index is 4.53. The van der Waals surface area contributed by atoms with Crippen molar-refractivity contribution in [2.24, 2.45) is 5.90 Å². The number of halogens is 2. The highest BCUT2D eigenvalue weighted by Crippen LogP contribution is 1.46. The fourth-order valence-corrected chi connectivity index (χ4v) is 0. The van der Waals surface area contributed by atoms with E-state index in [0.29, 0.717) is 6.61 Å². The second-order valence-electron chi connectivity index (χ2n) is 0.455. The topological polar surface area (TPSA) is 35.2 Å². The van der Waals surface area contributed by atoms with Gasteiger partial charge in [-0.05, 0) is 6.92 Å². The minimum absolute atomic E-state index is 0. The van der Waals surface area contributed by atoms with Gasteiger partial charge in [-0.2, -0.15) is 0 Å². The molecular weight excluding hydrogens is 125 g/mol. The first-order valence-corrected chi connectivity index (χ1v) is 1.23. The van der Waals surface area contributed by atoms with Crippen LogP contribution in [0.1, 0.15) is 6.92 Å². The molecule has 4 heteroatoms. The predicted molar refractivity (Wildman–Crippen MR) is 30.3 cm³/mol. The van der Waals surface area contributed by atoms with Crippen LogP contribution in [0.15, 0.2) is 0 Å². The molecule has 0 fully saturated rings. The lowest BCUT2D eigenvalue weighted by Gasteiger charge is -1.76. The summed E-state index contributed by atoms with van der Waals surface area (Å²) < 4.78 is 0. The Kier molecular flexibility index (Phi) is 47.7. The summed E-state index contributed by atoms with van der Waals surface area (Å²) in [7, 11) is 0. The molecule has 0 aliphatic heterocycles. The smallest absolute Gasteiger partial charge is 0.0651 e. The van der Waals surface area contributed by atoms with E-state index in [0.717, 1.165) is 0 Å². The molecule has 0 bridgehead atoms. The van der Waals surface area contributed by atoms with E-state index in [1.807, 2.05) is 6.92 Å². The van der Waals surface area contributed by atoms with E-state index >= 15 is 0 Å². The van der Waals surface area contributed by atoms with E-state index in [9.17, 15) is 0 Å². The fourth-order valence-electron chi connectivity index (χ4n) is 0. The van der Waals surface area contributed by atoms with Crippen molar-refractivity contribution in [3.8, 4) is 0 Å². The lowest BCUT2D eigenvalue weighted by atomic mass is 10.9. The van der Waals surface area contributed by atoms with Gasteiger partial charge in [-0.1, -0.05) is 0 Å². The molecule has 2 N–H and O–H groups in total. The minimum atomic E-state index is 0. The van der Waals surface area contributed by atoms with E-state index in [2.05, 4.69) is 10.7 Å². The van der Waals surface area contributed by atoms with Crippen LogP contribution in [0, 0.1) is 0 Å². The molecule has 0 radical (unpaired) electrons. The normalized spacial score (nSPS) is 5.00. The Labute approximate surface area is 49.8 Å². The van der Waals surface area contributed by atoms with Gasteiger partial charge in [0.15, 0.2) is 0 Å². The lowest BCUT2D eigenvalue weighted by Crippen LogP contribution is -1.94. The SMILES string of the molecule is CCON.Cl.Cl. The van der Waals surface area contributed by atoms with Gasteiger partial charge in [0.2, 0.25) is 0 Å². The molecule has 0 saturated carbocycles. The summed E-state index contributed by atoms with van der Waals surface area (Å²) in [5.41, 5.74) is 0. The van der Waals surface area contributed by atoms with Crippen LogP contribution < -0.4 is 5.90 Å². The molecule has 0 unspecified atom stereocenters. The summed E-state index contributed by atoms with van der Waals surface area (Å²) >= 11 is 0. The molecule has 0 aromatic rings. The Morgan fingerprint density at radius 1 is 1.50 bits per heavy atom. The van der Waals surface area contributed by atoms with Crippen molar-refractivity contribution in [2.45, 2.75) is 6.92 Å². The average molecular weight is 134 g/mol. The molecule has 0 aromatic carbocycles. The highest BCUT2D eigenvalue weighted by atomic mass is 35.5. The third-order valence-electron chi connectivity index (χ3n) is 0.167. The quantitative estimate of drug-likeness (QED) is 0.536. The van der Waals surface area contributed by atoms with Crippen LogP contribution in [0.4, 0.5) is 0 Å². The Bertz CT molecular complexity index is 13.5. The summed E-state index contributed by atoms with van der Waals surface area (Å²) in [5, 5.41) is 0. The second kappa shape index (κ2) is 17.8. The van der Waals surface area contributed by atoms with Gasteiger partial charge in [0, 0.05) is 0 Å². The third kappa shape index (κ3) is 24.5. The zero-order chi connectivity index (χ0) is 3.41. The van der Waals surface area contributed by atoms with Gasteiger partial charge in [-0.3, -0.25) is 0 Å². The maximum Gasteiger partial charge on any atom is 0.0651 e. The first-order chi connectivity index (χ1) is 1.91. The summed E-state index contributed by atoms with van der Waals surface area (Å²) in [6.07, 6.45) is 0. The highest BCUT2D eigenvalue weighted by Gasteiger charge is 1.52. The second-order valence-corrected chi connectivity index (χ2v) is 0.455. The minimum Gasteiger partial charge on any atom is -0.305 e. The summed E-state index contributed by atoms with van der Waals surface area (Å²) in [6.45, 7) is 2.43. The number of rotatable bonds is 1. The molecule has 0 saturated heterocycles. The summed E-state index contributed by atoms with van der Waals surface area (Å²) in [5.74, 6) is 4.53. The standard InChI is InChI=1S/C2H7NO.2ClH/c1-2-4-3;;/h2-3H2,1H3;2*1H. The zero-order valence-corrected chi connectivity index (χ0v) is 5.14. The van der Waals surface area contributed by atoms with Crippen molar-refractivity contribution in [3.63, 3.8) is 0 Å². The van der Waals surface area contributed by atoms with Gasteiger partial charge in [0.05, 0.1) is 6.61 Å². The Hall–Kier alpha value is 0.500. The first-order valence-electron chi connectivity index (χ1n) is 1.23. The van der Waals surface area contributed by atoms with Crippen molar-refractivity contribution in [3.05, 3.63) is 0 Å². The molecule has 0 amide bonds. The number of hydrogen-bond acceptors (Lipinski definition) is 2. The monoisotopic (exact) mass is 133 g/mol. The molecule has 0 aliphatic carbocycles. The van der Waals surface area contributed by atoms with E-state index in [1.165, 1.54) is 0 Å². The van der Waals surface area contributed by atoms with Gasteiger partial charge in [0.1, 0.15) is 0 Å². The van der Waals surface area contributed by atoms with Crippen LogP contribution in [0.5, 0.6) is 0 Å². The van der Waals surface area contributed by atoms with E-state index in [-0.39, 0.29) is 24.8 Å². The fraction of sp³-hybridized carbons (Fsp3) is 1.00. The first kappa shape index (κ1) is 16.1. The molecule has 2 nitrogen and oxygen atoms in total. The number of nitrogens with two attached hydrogens (primary N) is 1. The van der Waals surface area contributed by atoms with Crippen LogP contribution in [-0.4, -0.2) is 6.61 Å². The lowest BCUT2D eigenvalue weighted by molar-refractivity contribution is 0.152. The molecule has 0 aromatic heterocycles. The van der Waals surface area contributed by atoms with Crippen molar-refractivity contribution in [2.75, 3.05) is 6.61 Å². The maximum atomic E-state index is 4.53. The van der Waals surface area contributed by atoms with E-state index in [1.54, 1.807) is 0 Å². The van der Waals surface area contributed by atoms with Gasteiger partial charge >= 0.3 is 0 Å². The highest BCUT2D eigenvalue weighted by molar-refractivity contribution is 5.85. The third-order valence-corrected chi connectivity index (χ3v) is 0.167. The molecule has 0 heterocycles. The van der Waals surface area contributed by atoms with Gasteiger partial charge in [0.25, 0.3) is 0 Å². The number of hydrogen-bond donors (Lipinski definition) is 1. The van der Waals surface area contributed by atoms with Crippen LogP contribution in [0.2, 0.25) is 0 Å². The molecule has 42 valence electrons. The van der Waals surface area contributed by atoms with Crippen LogP contribution in [-0.2, 0) is 4.84 Å². The van der Waals surface area contributed by atoms with E-state index in [4.69, 9.17) is 0 Å².